The average molecular weight is 162 g/mol. The third-order valence-corrected chi connectivity index (χ3v) is 1.46. The average Bonchev–Trinajstić information content (AvgIpc) is 1.97. The fourth-order valence-corrected chi connectivity index (χ4v) is 0.738. The number of ether oxygens (including phenoxy) is 1. The van der Waals surface area contributed by atoms with Crippen molar-refractivity contribution in [1.29, 1.82) is 0 Å². The van der Waals surface area contributed by atoms with Crippen LogP contribution in [0.4, 0.5) is 0 Å². The van der Waals surface area contributed by atoms with E-state index in [2.05, 4.69) is 0 Å². The molecule has 0 aromatic rings. The van der Waals surface area contributed by atoms with E-state index < -0.39 is 0 Å². The van der Waals surface area contributed by atoms with Gasteiger partial charge in [0, 0.05) is 19.1 Å². The zero-order chi connectivity index (χ0) is 8.69. The molecule has 3 heteroatoms. The van der Waals surface area contributed by atoms with Crippen molar-refractivity contribution >= 4 is 0 Å². The number of aliphatic hydroxyl groups excluding tert-OH is 2. The molecule has 0 heterocycles. The lowest BCUT2D eigenvalue weighted by molar-refractivity contribution is 0.0262. The van der Waals surface area contributed by atoms with Gasteiger partial charge in [0.1, 0.15) is 0 Å². The molecule has 11 heavy (non-hydrogen) atoms. The van der Waals surface area contributed by atoms with Crippen LogP contribution in [0.15, 0.2) is 0 Å². The fourth-order valence-electron chi connectivity index (χ4n) is 0.738. The van der Waals surface area contributed by atoms with Crippen LogP contribution in [0.1, 0.15) is 20.3 Å². The molecule has 0 fully saturated rings. The van der Waals surface area contributed by atoms with Gasteiger partial charge in [0.25, 0.3) is 0 Å². The molecule has 1 unspecified atom stereocenters. The predicted octanol–water partition coefficient (Wildman–Crippen LogP) is 0.402. The molecule has 2 N–H and O–H groups in total. The Labute approximate surface area is 68.0 Å². The van der Waals surface area contributed by atoms with E-state index in [9.17, 15) is 0 Å². The van der Waals surface area contributed by atoms with Crippen molar-refractivity contribution in [2.45, 2.75) is 26.4 Å². The molecule has 0 amide bonds. The number of hydrogen-bond acceptors (Lipinski definition) is 3. The summed E-state index contributed by atoms with van der Waals surface area (Å²) in [5, 5.41) is 17.3. The van der Waals surface area contributed by atoms with Gasteiger partial charge in [-0.25, -0.2) is 0 Å². The van der Waals surface area contributed by atoms with Gasteiger partial charge in [-0.15, -0.1) is 0 Å². The molecule has 68 valence electrons. The summed E-state index contributed by atoms with van der Waals surface area (Å²) >= 11 is 0. The van der Waals surface area contributed by atoms with Gasteiger partial charge in [-0.2, -0.15) is 0 Å². The molecule has 0 aliphatic rings. The summed E-state index contributed by atoms with van der Waals surface area (Å²) < 4.78 is 5.28. The van der Waals surface area contributed by atoms with Gasteiger partial charge in [0.05, 0.1) is 12.7 Å². The third kappa shape index (κ3) is 6.28. The molecule has 0 aliphatic heterocycles. The second-order valence-electron chi connectivity index (χ2n) is 2.94. The second-order valence-corrected chi connectivity index (χ2v) is 2.94. The normalized spacial score (nSPS) is 13.9. The summed E-state index contributed by atoms with van der Waals surface area (Å²) in [6.07, 6.45) is 0.811. The molecule has 1 atom stereocenters. The molecule has 0 aromatic heterocycles. The van der Waals surface area contributed by atoms with E-state index in [1.54, 1.807) is 0 Å². The van der Waals surface area contributed by atoms with Crippen LogP contribution in [0.3, 0.4) is 0 Å². The molecule has 0 radical (unpaired) electrons. The van der Waals surface area contributed by atoms with Gasteiger partial charge >= 0.3 is 0 Å². The maximum Gasteiger partial charge on any atom is 0.0520 e. The van der Waals surface area contributed by atoms with E-state index in [1.165, 1.54) is 0 Å². The van der Waals surface area contributed by atoms with Gasteiger partial charge in [-0.3, -0.25) is 0 Å². The van der Waals surface area contributed by atoms with E-state index in [0.29, 0.717) is 13.0 Å². The lowest BCUT2D eigenvalue weighted by Gasteiger charge is -2.14. The van der Waals surface area contributed by atoms with Crippen molar-refractivity contribution in [2.24, 2.45) is 5.92 Å². The molecule has 0 aromatic carbocycles. The molecule has 0 aliphatic carbocycles. The van der Waals surface area contributed by atoms with Crippen molar-refractivity contribution in [3.63, 3.8) is 0 Å². The summed E-state index contributed by atoms with van der Waals surface area (Å²) in [4.78, 5) is 0. The van der Waals surface area contributed by atoms with E-state index in [0.717, 1.165) is 0 Å². The van der Waals surface area contributed by atoms with Crippen molar-refractivity contribution in [2.75, 3.05) is 19.8 Å². The highest BCUT2D eigenvalue weighted by molar-refractivity contribution is 4.55. The monoisotopic (exact) mass is 162 g/mol. The Kier molecular flexibility index (Phi) is 6.51. The van der Waals surface area contributed by atoms with E-state index in [1.807, 2.05) is 13.8 Å². The second kappa shape index (κ2) is 6.58. The van der Waals surface area contributed by atoms with Gasteiger partial charge in [-0.1, -0.05) is 0 Å². The van der Waals surface area contributed by atoms with E-state index >= 15 is 0 Å². The highest BCUT2D eigenvalue weighted by atomic mass is 16.5. The largest absolute Gasteiger partial charge is 0.396 e. The number of hydrogen-bond donors (Lipinski definition) is 2. The summed E-state index contributed by atoms with van der Waals surface area (Å²) in [7, 11) is 0. The highest BCUT2D eigenvalue weighted by Gasteiger charge is 2.07. The molecule has 0 rings (SSSR count). The Hall–Kier alpha value is -0.120. The minimum atomic E-state index is 0.0856. The van der Waals surface area contributed by atoms with Gasteiger partial charge in [-0.05, 0) is 20.3 Å². The number of aliphatic hydroxyl groups is 2. The smallest absolute Gasteiger partial charge is 0.0520 e. The van der Waals surface area contributed by atoms with E-state index in [4.69, 9.17) is 14.9 Å². The zero-order valence-electron chi connectivity index (χ0n) is 7.29. The minimum Gasteiger partial charge on any atom is -0.396 e. The quantitative estimate of drug-likeness (QED) is 0.594. The summed E-state index contributed by atoms with van der Waals surface area (Å²) in [6.45, 7) is 4.65. The minimum absolute atomic E-state index is 0.0856. The van der Waals surface area contributed by atoms with Crippen molar-refractivity contribution < 1.29 is 14.9 Å². The van der Waals surface area contributed by atoms with Crippen LogP contribution in [-0.2, 0) is 4.74 Å². The van der Waals surface area contributed by atoms with Gasteiger partial charge < -0.3 is 14.9 Å². The fraction of sp³-hybridized carbons (Fsp3) is 1.00. The zero-order valence-corrected chi connectivity index (χ0v) is 7.29. The first kappa shape index (κ1) is 10.9. The molecule has 0 spiro atoms. The lowest BCUT2D eigenvalue weighted by Crippen LogP contribution is -2.18. The van der Waals surface area contributed by atoms with Crippen molar-refractivity contribution in [3.8, 4) is 0 Å². The Balaban J connectivity index is 3.35. The van der Waals surface area contributed by atoms with Crippen LogP contribution in [0.5, 0.6) is 0 Å². The van der Waals surface area contributed by atoms with E-state index in [-0.39, 0.29) is 25.2 Å². The molecule has 0 saturated carbocycles. The summed E-state index contributed by atoms with van der Waals surface area (Å²) in [6, 6.07) is 0. The van der Waals surface area contributed by atoms with Crippen LogP contribution in [0, 0.1) is 5.92 Å². The maximum absolute atomic E-state index is 8.78. The Morgan fingerprint density at radius 1 is 1.27 bits per heavy atom. The Morgan fingerprint density at radius 2 is 1.91 bits per heavy atom. The van der Waals surface area contributed by atoms with Crippen LogP contribution < -0.4 is 0 Å². The van der Waals surface area contributed by atoms with Crippen molar-refractivity contribution in [3.05, 3.63) is 0 Å². The Bertz CT molecular complexity index is 83.4. The van der Waals surface area contributed by atoms with Gasteiger partial charge in [0.2, 0.25) is 0 Å². The Morgan fingerprint density at radius 3 is 2.27 bits per heavy atom. The maximum atomic E-state index is 8.78. The SMILES string of the molecule is CC(C)OCC(CO)CCO. The third-order valence-electron chi connectivity index (χ3n) is 1.46. The van der Waals surface area contributed by atoms with Gasteiger partial charge in [0.15, 0.2) is 0 Å². The molecule has 0 saturated heterocycles. The first-order valence-electron chi connectivity index (χ1n) is 4.04. The summed E-state index contributed by atoms with van der Waals surface area (Å²) in [5.74, 6) is 0.0856. The highest BCUT2D eigenvalue weighted by Crippen LogP contribution is 2.03. The topological polar surface area (TPSA) is 49.7 Å². The predicted molar refractivity (Wildman–Crippen MR) is 43.4 cm³/mol. The lowest BCUT2D eigenvalue weighted by atomic mass is 10.1. The first-order valence-corrected chi connectivity index (χ1v) is 4.04. The summed E-state index contributed by atoms with van der Waals surface area (Å²) in [5.41, 5.74) is 0. The standard InChI is InChI=1S/C8H18O3/c1-7(2)11-6-8(5-10)3-4-9/h7-10H,3-6H2,1-2H3. The molecular weight excluding hydrogens is 144 g/mol. The van der Waals surface area contributed by atoms with Crippen LogP contribution in [0.2, 0.25) is 0 Å². The molecule has 0 bridgehead atoms. The molecular formula is C8H18O3. The van der Waals surface area contributed by atoms with Crippen LogP contribution in [0.25, 0.3) is 0 Å². The molecule has 3 nitrogen and oxygen atoms in total. The number of rotatable bonds is 6. The first-order chi connectivity index (χ1) is 5.20. The van der Waals surface area contributed by atoms with Crippen LogP contribution >= 0.6 is 0 Å². The van der Waals surface area contributed by atoms with Crippen molar-refractivity contribution in [1.82, 2.24) is 0 Å². The van der Waals surface area contributed by atoms with Crippen LogP contribution in [-0.4, -0.2) is 36.1 Å².